The second-order valence-corrected chi connectivity index (χ2v) is 6.33. The van der Waals surface area contributed by atoms with Crippen molar-refractivity contribution in [1.82, 2.24) is 19.9 Å². The lowest BCUT2D eigenvalue weighted by atomic mass is 10.1. The number of carbonyl (C=O) groups excluding carboxylic acids is 1. The molecule has 0 fully saturated rings. The minimum absolute atomic E-state index is 0.0550. The van der Waals surface area contributed by atoms with Gasteiger partial charge in [-0.05, 0) is 36.4 Å². The van der Waals surface area contributed by atoms with Crippen LogP contribution in [0.1, 0.15) is 10.4 Å². The molecule has 1 aliphatic rings. The third-order valence-corrected chi connectivity index (χ3v) is 4.61. The Balaban J connectivity index is 1.62. The van der Waals surface area contributed by atoms with Crippen molar-refractivity contribution in [3.8, 4) is 22.9 Å². The molecule has 0 unspecified atom stereocenters. The summed E-state index contributed by atoms with van der Waals surface area (Å²) in [5, 5.41) is 2.94. The molecule has 0 aliphatic carbocycles. The molecule has 6 heteroatoms. The highest BCUT2D eigenvalue weighted by atomic mass is 16.5. The van der Waals surface area contributed by atoms with Gasteiger partial charge in [-0.2, -0.15) is 0 Å². The van der Waals surface area contributed by atoms with E-state index in [1.54, 1.807) is 12.4 Å². The smallest absolute Gasteiger partial charge is 0.253 e. The van der Waals surface area contributed by atoms with Crippen LogP contribution in [-0.4, -0.2) is 27.0 Å². The third kappa shape index (κ3) is 2.71. The van der Waals surface area contributed by atoms with Crippen molar-refractivity contribution in [3.05, 3.63) is 72.6 Å². The first-order valence-corrected chi connectivity index (χ1v) is 8.75. The normalized spacial score (nSPS) is 13.3. The lowest BCUT2D eigenvalue weighted by Crippen LogP contribution is -2.24. The molecule has 5 rings (SSSR count). The van der Waals surface area contributed by atoms with Gasteiger partial charge >= 0.3 is 0 Å². The third-order valence-electron chi connectivity index (χ3n) is 4.61. The van der Waals surface area contributed by atoms with E-state index in [0.29, 0.717) is 18.7 Å². The molecule has 6 nitrogen and oxygen atoms in total. The van der Waals surface area contributed by atoms with Crippen molar-refractivity contribution >= 4 is 16.9 Å². The van der Waals surface area contributed by atoms with E-state index >= 15 is 0 Å². The number of para-hydroxylation sites is 1. The number of nitrogens with zero attached hydrogens (tertiary/aromatic N) is 3. The summed E-state index contributed by atoms with van der Waals surface area (Å²) < 4.78 is 8.03. The first-order valence-electron chi connectivity index (χ1n) is 8.75. The molecular weight excluding hydrogens is 340 g/mol. The van der Waals surface area contributed by atoms with Crippen LogP contribution in [0.5, 0.6) is 11.5 Å². The molecule has 1 amide bonds. The van der Waals surface area contributed by atoms with Crippen LogP contribution in [0.15, 0.2) is 67.0 Å². The Labute approximate surface area is 155 Å². The van der Waals surface area contributed by atoms with Crippen LogP contribution in [0, 0.1) is 0 Å². The topological polar surface area (TPSA) is 69.0 Å². The first-order chi connectivity index (χ1) is 13.3. The fourth-order valence-electron chi connectivity index (χ4n) is 3.42. The number of nitrogens with one attached hydrogen (secondary N) is 1. The van der Waals surface area contributed by atoms with Crippen molar-refractivity contribution in [2.24, 2.45) is 0 Å². The molecule has 0 atom stereocenters. The standard InChI is InChI=1S/C21H16N4O2/c26-21-17-5-2-6-18-19(17)25(12-11-23-21)20(24-18)14-3-1-4-16(13-14)27-15-7-9-22-10-8-15/h1-10,13H,11-12H2,(H,23,26). The van der Waals surface area contributed by atoms with Gasteiger partial charge in [-0.25, -0.2) is 4.98 Å². The summed E-state index contributed by atoms with van der Waals surface area (Å²) in [6.45, 7) is 1.24. The van der Waals surface area contributed by atoms with Gasteiger partial charge in [-0.15, -0.1) is 0 Å². The molecule has 1 aliphatic heterocycles. The fourth-order valence-corrected chi connectivity index (χ4v) is 3.42. The highest BCUT2D eigenvalue weighted by Crippen LogP contribution is 2.31. The lowest BCUT2D eigenvalue weighted by molar-refractivity contribution is 0.0956. The average Bonchev–Trinajstić information content (AvgIpc) is 2.98. The summed E-state index contributed by atoms with van der Waals surface area (Å²) in [6, 6.07) is 17.1. The van der Waals surface area contributed by atoms with Crippen molar-refractivity contribution in [2.45, 2.75) is 6.54 Å². The predicted molar refractivity (Wildman–Crippen MR) is 102 cm³/mol. The van der Waals surface area contributed by atoms with Crippen molar-refractivity contribution in [3.63, 3.8) is 0 Å². The molecule has 1 N–H and O–H groups in total. The van der Waals surface area contributed by atoms with Crippen LogP contribution < -0.4 is 10.1 Å². The average molecular weight is 356 g/mol. The van der Waals surface area contributed by atoms with Crippen LogP contribution in [0.3, 0.4) is 0 Å². The van der Waals surface area contributed by atoms with Gasteiger partial charge in [0.05, 0.1) is 16.6 Å². The predicted octanol–water partition coefficient (Wildman–Crippen LogP) is 3.63. The second-order valence-electron chi connectivity index (χ2n) is 6.33. The molecule has 2 aromatic carbocycles. The molecule has 27 heavy (non-hydrogen) atoms. The fraction of sp³-hybridized carbons (Fsp3) is 0.0952. The van der Waals surface area contributed by atoms with Crippen LogP contribution in [0.2, 0.25) is 0 Å². The molecule has 0 saturated carbocycles. The molecule has 2 aromatic heterocycles. The zero-order valence-electron chi connectivity index (χ0n) is 14.4. The number of hydrogen-bond donors (Lipinski definition) is 1. The Morgan fingerprint density at radius 3 is 2.74 bits per heavy atom. The quantitative estimate of drug-likeness (QED) is 0.609. The van der Waals surface area contributed by atoms with Gasteiger partial charge in [0.15, 0.2) is 0 Å². The van der Waals surface area contributed by atoms with E-state index in [2.05, 4.69) is 14.9 Å². The minimum Gasteiger partial charge on any atom is -0.457 e. The van der Waals surface area contributed by atoms with Crippen LogP contribution in [-0.2, 0) is 6.54 Å². The molecule has 4 aromatic rings. The molecular formula is C21H16N4O2. The zero-order valence-corrected chi connectivity index (χ0v) is 14.4. The van der Waals surface area contributed by atoms with Crippen LogP contribution in [0.4, 0.5) is 0 Å². The number of benzene rings is 2. The molecule has 0 saturated heterocycles. The maximum absolute atomic E-state index is 12.3. The number of aromatic nitrogens is 3. The molecule has 0 spiro atoms. The number of rotatable bonds is 3. The number of carbonyl (C=O) groups is 1. The maximum Gasteiger partial charge on any atom is 0.253 e. The summed E-state index contributed by atoms with van der Waals surface area (Å²) in [6.07, 6.45) is 3.39. The zero-order chi connectivity index (χ0) is 18.2. The minimum atomic E-state index is -0.0550. The second kappa shape index (κ2) is 6.25. The maximum atomic E-state index is 12.3. The van der Waals surface area contributed by atoms with Crippen LogP contribution >= 0.6 is 0 Å². The van der Waals surface area contributed by atoms with E-state index in [1.807, 2.05) is 54.6 Å². The Morgan fingerprint density at radius 2 is 1.85 bits per heavy atom. The monoisotopic (exact) mass is 356 g/mol. The van der Waals surface area contributed by atoms with Gasteiger partial charge in [0, 0.05) is 31.0 Å². The van der Waals surface area contributed by atoms with Gasteiger partial charge in [0.2, 0.25) is 0 Å². The van der Waals surface area contributed by atoms with Crippen molar-refractivity contribution < 1.29 is 9.53 Å². The first kappa shape index (κ1) is 15.6. The lowest BCUT2D eigenvalue weighted by Gasteiger charge is -2.09. The van der Waals surface area contributed by atoms with E-state index < -0.39 is 0 Å². The highest BCUT2D eigenvalue weighted by molar-refractivity contribution is 6.06. The Kier molecular flexibility index (Phi) is 3.60. The summed E-state index contributed by atoms with van der Waals surface area (Å²) in [4.78, 5) is 21.1. The summed E-state index contributed by atoms with van der Waals surface area (Å²) in [7, 11) is 0. The van der Waals surface area contributed by atoms with E-state index in [9.17, 15) is 4.79 Å². The van der Waals surface area contributed by atoms with Gasteiger partial charge in [-0.1, -0.05) is 18.2 Å². The molecule has 0 radical (unpaired) electrons. The summed E-state index contributed by atoms with van der Waals surface area (Å²) in [5.41, 5.74) is 3.30. The largest absolute Gasteiger partial charge is 0.457 e. The number of amides is 1. The van der Waals surface area contributed by atoms with Crippen molar-refractivity contribution in [1.29, 1.82) is 0 Å². The SMILES string of the molecule is O=C1NCCn2c(-c3cccc(Oc4ccncc4)c3)nc3cccc1c32. The number of pyridine rings is 1. The van der Waals surface area contributed by atoms with Gasteiger partial charge in [-0.3, -0.25) is 9.78 Å². The Bertz CT molecular complexity index is 1150. The van der Waals surface area contributed by atoms with Gasteiger partial charge in [0.1, 0.15) is 17.3 Å². The van der Waals surface area contributed by atoms with E-state index in [1.165, 1.54) is 0 Å². The van der Waals surface area contributed by atoms with Crippen molar-refractivity contribution in [2.75, 3.05) is 6.54 Å². The molecule has 132 valence electrons. The summed E-state index contributed by atoms with van der Waals surface area (Å²) in [5.74, 6) is 2.22. The number of imidazole rings is 1. The van der Waals surface area contributed by atoms with E-state index in [-0.39, 0.29) is 5.91 Å². The summed E-state index contributed by atoms with van der Waals surface area (Å²) >= 11 is 0. The Hall–Kier alpha value is -3.67. The molecule has 0 bridgehead atoms. The highest BCUT2D eigenvalue weighted by Gasteiger charge is 2.21. The van der Waals surface area contributed by atoms with Crippen LogP contribution in [0.25, 0.3) is 22.4 Å². The van der Waals surface area contributed by atoms with E-state index in [0.717, 1.165) is 33.9 Å². The molecule has 3 heterocycles. The number of ether oxygens (including phenoxy) is 1. The van der Waals surface area contributed by atoms with Gasteiger partial charge < -0.3 is 14.6 Å². The van der Waals surface area contributed by atoms with Gasteiger partial charge in [0.25, 0.3) is 5.91 Å². The Morgan fingerprint density at radius 1 is 1.00 bits per heavy atom. The van der Waals surface area contributed by atoms with E-state index in [4.69, 9.17) is 9.72 Å². The number of hydrogen-bond acceptors (Lipinski definition) is 4.